The maximum absolute atomic E-state index is 8.79. The van der Waals surface area contributed by atoms with E-state index >= 15 is 0 Å². The highest BCUT2D eigenvalue weighted by atomic mass is 35.5. The van der Waals surface area contributed by atoms with E-state index in [0.717, 1.165) is 21.9 Å². The van der Waals surface area contributed by atoms with Crippen LogP contribution in [0.5, 0.6) is 0 Å². The second-order valence-electron chi connectivity index (χ2n) is 4.70. The van der Waals surface area contributed by atoms with Gasteiger partial charge in [0.25, 0.3) is 0 Å². The van der Waals surface area contributed by atoms with Crippen LogP contribution in [0.15, 0.2) is 53.9 Å². The van der Waals surface area contributed by atoms with Crippen LogP contribution in [0, 0.1) is 11.3 Å². The number of rotatable bonds is 6. The third kappa shape index (κ3) is 4.92. The Balaban J connectivity index is 2.03. The fraction of sp³-hybridized carbons (Fsp3) is 0.167. The summed E-state index contributed by atoms with van der Waals surface area (Å²) < 4.78 is 5.27. The van der Waals surface area contributed by atoms with Crippen LogP contribution in [0.25, 0.3) is 5.57 Å². The number of ether oxygens (including phenoxy) is 1. The van der Waals surface area contributed by atoms with Gasteiger partial charge in [-0.05, 0) is 46.4 Å². The van der Waals surface area contributed by atoms with Crippen molar-refractivity contribution >= 4 is 28.9 Å². The number of methoxy groups -OCH3 is 1. The van der Waals surface area contributed by atoms with Crippen molar-refractivity contribution in [1.29, 1.82) is 5.26 Å². The van der Waals surface area contributed by atoms with Gasteiger partial charge in [-0.2, -0.15) is 5.26 Å². The molecule has 0 unspecified atom stereocenters. The number of nitriles is 1. The van der Waals surface area contributed by atoms with Crippen molar-refractivity contribution in [3.8, 4) is 6.07 Å². The Morgan fingerprint density at radius 3 is 2.45 bits per heavy atom. The molecular weight excluding hydrogens is 314 g/mol. The zero-order chi connectivity index (χ0) is 15.8. The Morgan fingerprint density at radius 1 is 1.18 bits per heavy atom. The summed E-state index contributed by atoms with van der Waals surface area (Å²) in [6.07, 6.45) is 0. The van der Waals surface area contributed by atoms with E-state index in [1.807, 2.05) is 48.5 Å². The van der Waals surface area contributed by atoms with Gasteiger partial charge in [0, 0.05) is 17.9 Å². The Bertz CT molecular complexity index is 672. The smallest absolute Gasteiger partial charge is 0.0991 e. The first-order valence-electron chi connectivity index (χ1n) is 6.77. The van der Waals surface area contributed by atoms with E-state index in [-0.39, 0.29) is 0 Å². The molecule has 0 fully saturated rings. The molecule has 0 radical (unpaired) electrons. The van der Waals surface area contributed by atoms with Crippen LogP contribution < -0.4 is 0 Å². The van der Waals surface area contributed by atoms with Gasteiger partial charge < -0.3 is 4.74 Å². The van der Waals surface area contributed by atoms with E-state index in [2.05, 4.69) is 11.5 Å². The lowest BCUT2D eigenvalue weighted by molar-refractivity contribution is 0.240. The predicted molar refractivity (Wildman–Crippen MR) is 93.8 cm³/mol. The van der Waals surface area contributed by atoms with Crippen LogP contribution >= 0.6 is 23.4 Å². The largest absolute Gasteiger partial charge is 0.380 e. The summed E-state index contributed by atoms with van der Waals surface area (Å²) in [5, 5.41) is 11.6. The first kappa shape index (κ1) is 16.6. The molecule has 0 amide bonds. The van der Waals surface area contributed by atoms with Gasteiger partial charge in [0.05, 0.1) is 18.2 Å². The van der Waals surface area contributed by atoms with Gasteiger partial charge in [0.15, 0.2) is 0 Å². The van der Waals surface area contributed by atoms with E-state index in [0.29, 0.717) is 12.2 Å². The van der Waals surface area contributed by atoms with Crippen LogP contribution in [0.3, 0.4) is 0 Å². The molecule has 0 aliphatic rings. The number of nitrogens with zero attached hydrogens (tertiary/aromatic N) is 1. The fourth-order valence-electron chi connectivity index (χ4n) is 1.92. The molecule has 112 valence electrons. The van der Waals surface area contributed by atoms with Crippen LogP contribution in [-0.4, -0.2) is 13.7 Å². The van der Waals surface area contributed by atoms with E-state index < -0.39 is 0 Å². The highest BCUT2D eigenvalue weighted by Crippen LogP contribution is 2.23. The monoisotopic (exact) mass is 329 g/mol. The molecule has 0 aliphatic carbocycles. The topological polar surface area (TPSA) is 33.0 Å². The Morgan fingerprint density at radius 2 is 1.86 bits per heavy atom. The van der Waals surface area contributed by atoms with Crippen LogP contribution in [-0.2, 0) is 10.5 Å². The standard InChI is InChI=1S/C18H16ClNOS/c1-21-11-17(16-6-8-18(19)9-7-16)13-22-12-15-4-2-14(10-20)3-5-15/h2-9,13H,11-12H2,1H3/b17-13+. The number of hydrogen-bond acceptors (Lipinski definition) is 3. The number of hydrogen-bond donors (Lipinski definition) is 0. The Kier molecular flexibility index (Phi) is 6.54. The van der Waals surface area contributed by atoms with Crippen LogP contribution in [0.4, 0.5) is 0 Å². The minimum Gasteiger partial charge on any atom is -0.380 e. The van der Waals surface area contributed by atoms with E-state index in [1.54, 1.807) is 18.9 Å². The van der Waals surface area contributed by atoms with Crippen molar-refractivity contribution in [2.75, 3.05) is 13.7 Å². The third-order valence-corrected chi connectivity index (χ3v) is 4.28. The molecule has 0 heterocycles. The predicted octanol–water partition coefficient (Wildman–Crippen LogP) is 5.13. The summed E-state index contributed by atoms with van der Waals surface area (Å²) in [7, 11) is 1.69. The van der Waals surface area contributed by atoms with Crippen molar-refractivity contribution in [1.82, 2.24) is 0 Å². The zero-order valence-corrected chi connectivity index (χ0v) is 13.8. The van der Waals surface area contributed by atoms with E-state index in [9.17, 15) is 0 Å². The molecule has 0 N–H and O–H groups in total. The molecule has 0 atom stereocenters. The Labute approximate surface area is 140 Å². The van der Waals surface area contributed by atoms with Crippen molar-refractivity contribution in [2.45, 2.75) is 5.75 Å². The van der Waals surface area contributed by atoms with Crippen molar-refractivity contribution < 1.29 is 4.74 Å². The minimum absolute atomic E-state index is 0.558. The number of thioether (sulfide) groups is 1. The van der Waals surface area contributed by atoms with Crippen LogP contribution in [0.1, 0.15) is 16.7 Å². The highest BCUT2D eigenvalue weighted by molar-refractivity contribution is 8.01. The molecule has 0 saturated carbocycles. The maximum atomic E-state index is 8.79. The summed E-state index contributed by atoms with van der Waals surface area (Å²) in [6, 6.07) is 17.5. The summed E-state index contributed by atoms with van der Waals surface area (Å²) in [5.41, 5.74) is 4.11. The molecule has 2 aromatic carbocycles. The molecule has 0 aromatic heterocycles. The maximum Gasteiger partial charge on any atom is 0.0991 e. The van der Waals surface area contributed by atoms with Gasteiger partial charge in [-0.1, -0.05) is 35.9 Å². The second kappa shape index (κ2) is 8.65. The van der Waals surface area contributed by atoms with Crippen molar-refractivity contribution in [2.24, 2.45) is 0 Å². The molecule has 2 rings (SSSR count). The van der Waals surface area contributed by atoms with Crippen molar-refractivity contribution in [3.05, 3.63) is 75.7 Å². The Hall–Kier alpha value is -1.73. The number of halogens is 1. The average molecular weight is 330 g/mol. The zero-order valence-electron chi connectivity index (χ0n) is 12.3. The third-order valence-electron chi connectivity index (χ3n) is 3.07. The first-order valence-corrected chi connectivity index (χ1v) is 8.20. The fourth-order valence-corrected chi connectivity index (χ4v) is 2.92. The average Bonchev–Trinajstić information content (AvgIpc) is 2.55. The van der Waals surface area contributed by atoms with E-state index in [1.165, 1.54) is 5.56 Å². The van der Waals surface area contributed by atoms with Gasteiger partial charge in [0.2, 0.25) is 0 Å². The normalized spacial score (nSPS) is 11.2. The molecule has 2 aromatic rings. The highest BCUT2D eigenvalue weighted by Gasteiger charge is 2.02. The molecule has 0 spiro atoms. The molecule has 4 heteroatoms. The van der Waals surface area contributed by atoms with Gasteiger partial charge in [-0.15, -0.1) is 11.8 Å². The summed E-state index contributed by atoms with van der Waals surface area (Å²) >= 11 is 7.63. The molecular formula is C18H16ClNOS. The van der Waals surface area contributed by atoms with Gasteiger partial charge in [-0.25, -0.2) is 0 Å². The molecule has 2 nitrogen and oxygen atoms in total. The number of benzene rings is 2. The molecule has 0 aliphatic heterocycles. The lowest BCUT2D eigenvalue weighted by Crippen LogP contribution is -1.93. The second-order valence-corrected chi connectivity index (χ2v) is 6.00. The van der Waals surface area contributed by atoms with Crippen molar-refractivity contribution in [3.63, 3.8) is 0 Å². The SMILES string of the molecule is COC/C(=C\SCc1ccc(C#N)cc1)c1ccc(Cl)cc1. The van der Waals surface area contributed by atoms with E-state index in [4.69, 9.17) is 21.6 Å². The summed E-state index contributed by atoms with van der Waals surface area (Å²) in [4.78, 5) is 0. The van der Waals surface area contributed by atoms with Gasteiger partial charge in [-0.3, -0.25) is 0 Å². The summed E-state index contributed by atoms with van der Waals surface area (Å²) in [5.74, 6) is 0.854. The minimum atomic E-state index is 0.558. The van der Waals surface area contributed by atoms with Gasteiger partial charge >= 0.3 is 0 Å². The first-order chi connectivity index (χ1) is 10.7. The summed E-state index contributed by atoms with van der Waals surface area (Å²) in [6.45, 7) is 0.558. The lowest BCUT2D eigenvalue weighted by Gasteiger charge is -2.07. The molecule has 0 saturated heterocycles. The molecule has 22 heavy (non-hydrogen) atoms. The lowest BCUT2D eigenvalue weighted by atomic mass is 10.1. The quantitative estimate of drug-likeness (QED) is 0.736. The molecule has 0 bridgehead atoms. The van der Waals surface area contributed by atoms with Crippen LogP contribution in [0.2, 0.25) is 5.02 Å². The van der Waals surface area contributed by atoms with Gasteiger partial charge in [0.1, 0.15) is 0 Å².